The summed E-state index contributed by atoms with van der Waals surface area (Å²) in [7, 11) is 0. The standard InChI is InChI=1S/C20H22ClFN2O/c21-19-5-2-1-4-16(19)6-11-20(25)24-13-3-12-23(14-15-24)18-9-7-17(22)8-10-18/h1-2,4-5,7-10H,3,6,11-15H2. The Morgan fingerprint density at radius 2 is 1.76 bits per heavy atom. The highest BCUT2D eigenvalue weighted by Crippen LogP contribution is 2.19. The number of rotatable bonds is 4. The van der Waals surface area contributed by atoms with Crippen molar-refractivity contribution in [3.05, 3.63) is 64.9 Å². The van der Waals surface area contributed by atoms with Gasteiger partial charge in [-0.15, -0.1) is 0 Å². The summed E-state index contributed by atoms with van der Waals surface area (Å²) in [4.78, 5) is 16.7. The van der Waals surface area contributed by atoms with Gasteiger partial charge in [-0.3, -0.25) is 4.79 Å². The molecule has 1 saturated heterocycles. The largest absolute Gasteiger partial charge is 0.370 e. The molecule has 1 fully saturated rings. The van der Waals surface area contributed by atoms with Crippen LogP contribution in [-0.4, -0.2) is 37.0 Å². The smallest absolute Gasteiger partial charge is 0.222 e. The summed E-state index contributed by atoms with van der Waals surface area (Å²) < 4.78 is 13.1. The molecular formula is C20H22ClFN2O. The number of hydrogen-bond donors (Lipinski definition) is 0. The summed E-state index contributed by atoms with van der Waals surface area (Å²) in [6, 6.07) is 14.2. The molecule has 5 heteroatoms. The van der Waals surface area contributed by atoms with Crippen molar-refractivity contribution in [2.75, 3.05) is 31.1 Å². The fraction of sp³-hybridized carbons (Fsp3) is 0.350. The van der Waals surface area contributed by atoms with Gasteiger partial charge in [0, 0.05) is 43.3 Å². The number of halogens is 2. The highest BCUT2D eigenvalue weighted by Gasteiger charge is 2.19. The number of carbonyl (C=O) groups excluding carboxylic acids is 1. The van der Waals surface area contributed by atoms with Crippen molar-refractivity contribution >= 4 is 23.2 Å². The molecule has 0 spiro atoms. The van der Waals surface area contributed by atoms with Gasteiger partial charge in [-0.2, -0.15) is 0 Å². The quantitative estimate of drug-likeness (QED) is 0.817. The molecule has 0 unspecified atom stereocenters. The lowest BCUT2D eigenvalue weighted by molar-refractivity contribution is -0.130. The molecule has 0 radical (unpaired) electrons. The molecule has 25 heavy (non-hydrogen) atoms. The van der Waals surface area contributed by atoms with Crippen LogP contribution in [-0.2, 0) is 11.2 Å². The van der Waals surface area contributed by atoms with Crippen LogP contribution in [0.5, 0.6) is 0 Å². The van der Waals surface area contributed by atoms with Gasteiger partial charge in [0.05, 0.1) is 0 Å². The zero-order chi connectivity index (χ0) is 17.6. The number of anilines is 1. The molecule has 1 aliphatic heterocycles. The van der Waals surface area contributed by atoms with E-state index in [1.54, 1.807) is 12.1 Å². The van der Waals surface area contributed by atoms with Gasteiger partial charge in [0.2, 0.25) is 5.91 Å². The van der Waals surface area contributed by atoms with Crippen molar-refractivity contribution in [3.63, 3.8) is 0 Å². The summed E-state index contributed by atoms with van der Waals surface area (Å²) in [5.74, 6) is -0.0594. The fourth-order valence-corrected chi connectivity index (χ4v) is 3.41. The van der Waals surface area contributed by atoms with E-state index in [1.165, 1.54) is 12.1 Å². The molecule has 0 atom stereocenters. The van der Waals surface area contributed by atoms with Crippen molar-refractivity contribution in [2.24, 2.45) is 0 Å². The van der Waals surface area contributed by atoms with E-state index in [2.05, 4.69) is 4.90 Å². The van der Waals surface area contributed by atoms with Gasteiger partial charge in [-0.25, -0.2) is 4.39 Å². The molecule has 0 saturated carbocycles. The summed E-state index contributed by atoms with van der Waals surface area (Å²) in [5, 5.41) is 0.716. The van der Waals surface area contributed by atoms with Crippen molar-refractivity contribution < 1.29 is 9.18 Å². The molecule has 3 rings (SSSR count). The summed E-state index contributed by atoms with van der Waals surface area (Å²) in [6.07, 6.45) is 2.05. The lowest BCUT2D eigenvalue weighted by Gasteiger charge is -2.23. The second kappa shape index (κ2) is 8.34. The molecule has 2 aromatic rings. The van der Waals surface area contributed by atoms with Crippen LogP contribution >= 0.6 is 11.6 Å². The molecule has 3 nitrogen and oxygen atoms in total. The van der Waals surface area contributed by atoms with Gasteiger partial charge >= 0.3 is 0 Å². The van der Waals surface area contributed by atoms with Crippen molar-refractivity contribution in [1.82, 2.24) is 4.90 Å². The van der Waals surface area contributed by atoms with Crippen molar-refractivity contribution in [3.8, 4) is 0 Å². The number of carbonyl (C=O) groups is 1. The topological polar surface area (TPSA) is 23.6 Å². The fourth-order valence-electron chi connectivity index (χ4n) is 3.18. The van der Waals surface area contributed by atoms with Crippen molar-refractivity contribution in [2.45, 2.75) is 19.3 Å². The van der Waals surface area contributed by atoms with Crippen LogP contribution < -0.4 is 4.90 Å². The normalized spacial score (nSPS) is 15.1. The van der Waals surface area contributed by atoms with Crippen LogP contribution in [0.1, 0.15) is 18.4 Å². The first kappa shape index (κ1) is 17.7. The Labute approximate surface area is 153 Å². The third kappa shape index (κ3) is 4.73. The first-order valence-corrected chi connectivity index (χ1v) is 9.03. The van der Waals surface area contributed by atoms with Gasteiger partial charge < -0.3 is 9.80 Å². The summed E-state index contributed by atoms with van der Waals surface area (Å²) in [5.41, 5.74) is 2.02. The van der Waals surface area contributed by atoms with Crippen LogP contribution in [0, 0.1) is 5.82 Å². The SMILES string of the molecule is O=C(CCc1ccccc1Cl)N1CCCN(c2ccc(F)cc2)CC1. The second-order valence-electron chi connectivity index (χ2n) is 6.29. The minimum absolute atomic E-state index is 0.167. The van der Waals surface area contributed by atoms with E-state index in [4.69, 9.17) is 11.6 Å². The predicted molar refractivity (Wildman–Crippen MR) is 99.6 cm³/mol. The minimum atomic E-state index is -0.227. The van der Waals surface area contributed by atoms with Gasteiger partial charge in [0.15, 0.2) is 0 Å². The lowest BCUT2D eigenvalue weighted by Crippen LogP contribution is -2.35. The Hall–Kier alpha value is -2.07. The Morgan fingerprint density at radius 3 is 2.52 bits per heavy atom. The van der Waals surface area contributed by atoms with Crippen LogP contribution in [0.2, 0.25) is 5.02 Å². The zero-order valence-electron chi connectivity index (χ0n) is 14.1. The molecule has 1 amide bonds. The molecular weight excluding hydrogens is 339 g/mol. The Bertz CT molecular complexity index is 720. The summed E-state index contributed by atoms with van der Waals surface area (Å²) in [6.45, 7) is 3.10. The molecule has 0 bridgehead atoms. The van der Waals surface area contributed by atoms with Crippen LogP contribution in [0.3, 0.4) is 0 Å². The minimum Gasteiger partial charge on any atom is -0.370 e. The third-order valence-electron chi connectivity index (χ3n) is 4.61. The first-order chi connectivity index (χ1) is 12.1. The van der Waals surface area contributed by atoms with E-state index in [0.717, 1.165) is 37.3 Å². The van der Waals surface area contributed by atoms with Crippen molar-refractivity contribution in [1.29, 1.82) is 0 Å². The maximum Gasteiger partial charge on any atom is 0.222 e. The maximum atomic E-state index is 13.1. The van der Waals surface area contributed by atoms with E-state index < -0.39 is 0 Å². The molecule has 1 aliphatic rings. The zero-order valence-corrected chi connectivity index (χ0v) is 14.9. The number of aryl methyl sites for hydroxylation is 1. The molecule has 0 aromatic heterocycles. The second-order valence-corrected chi connectivity index (χ2v) is 6.70. The Kier molecular flexibility index (Phi) is 5.92. The summed E-state index contributed by atoms with van der Waals surface area (Å²) >= 11 is 6.16. The number of nitrogens with zero attached hydrogens (tertiary/aromatic N) is 2. The van der Waals surface area contributed by atoms with Crippen LogP contribution in [0.4, 0.5) is 10.1 Å². The number of hydrogen-bond acceptors (Lipinski definition) is 2. The first-order valence-electron chi connectivity index (χ1n) is 8.65. The third-order valence-corrected chi connectivity index (χ3v) is 4.98. The van der Waals surface area contributed by atoms with E-state index in [-0.39, 0.29) is 11.7 Å². The highest BCUT2D eigenvalue weighted by atomic mass is 35.5. The molecule has 0 N–H and O–H groups in total. The van der Waals surface area contributed by atoms with Gasteiger partial charge in [0.1, 0.15) is 5.82 Å². The maximum absolute atomic E-state index is 13.1. The van der Waals surface area contributed by atoms with Gasteiger partial charge in [-0.05, 0) is 48.7 Å². The molecule has 132 valence electrons. The van der Waals surface area contributed by atoms with Crippen LogP contribution in [0.15, 0.2) is 48.5 Å². The number of amides is 1. The average molecular weight is 361 g/mol. The van der Waals surface area contributed by atoms with E-state index in [9.17, 15) is 9.18 Å². The Morgan fingerprint density at radius 1 is 1.00 bits per heavy atom. The van der Waals surface area contributed by atoms with E-state index in [0.29, 0.717) is 24.4 Å². The highest BCUT2D eigenvalue weighted by molar-refractivity contribution is 6.31. The van der Waals surface area contributed by atoms with Crippen LogP contribution in [0.25, 0.3) is 0 Å². The van der Waals surface area contributed by atoms with Gasteiger partial charge in [-0.1, -0.05) is 29.8 Å². The predicted octanol–water partition coefficient (Wildman–Crippen LogP) is 4.15. The molecule has 2 aromatic carbocycles. The monoisotopic (exact) mass is 360 g/mol. The van der Waals surface area contributed by atoms with Gasteiger partial charge in [0.25, 0.3) is 0 Å². The lowest BCUT2D eigenvalue weighted by atomic mass is 10.1. The Balaban J connectivity index is 1.54. The average Bonchev–Trinajstić information content (AvgIpc) is 2.88. The molecule has 1 heterocycles. The van der Waals surface area contributed by atoms with E-state index in [1.807, 2.05) is 29.2 Å². The van der Waals surface area contributed by atoms with E-state index >= 15 is 0 Å². The molecule has 0 aliphatic carbocycles. The number of benzene rings is 2.